The Kier molecular flexibility index (Phi) is 3940. The Morgan fingerprint density at radius 3 is 0.250 bits per heavy atom. The summed E-state index contributed by atoms with van der Waals surface area (Å²) >= 11 is 0. The molecule has 0 radical (unpaired) electrons. The zero-order chi connectivity index (χ0) is 0. The van der Waals surface area contributed by atoms with Crippen molar-refractivity contribution >= 4 is 59.1 Å². The van der Waals surface area contributed by atoms with Crippen molar-refractivity contribution in [3.8, 4) is 0 Å². The molecule has 0 spiro atoms. The van der Waals surface area contributed by atoms with Crippen LogP contribution in [0.4, 0.5) is 0 Å². The Hall–Kier alpha value is 3.78. The van der Waals surface area contributed by atoms with Gasteiger partial charge in [0.05, 0.1) is 0 Å². The summed E-state index contributed by atoms with van der Waals surface area (Å²) in [5.74, 6) is 0. The molecule has 0 unspecified atom stereocenters. The van der Waals surface area contributed by atoms with Gasteiger partial charge in [-0.1, -0.05) is 0 Å². The van der Waals surface area contributed by atoms with Gasteiger partial charge in [-0.2, -0.15) is 0 Å². The van der Waals surface area contributed by atoms with Crippen molar-refractivity contribution < 1.29 is 102 Å². The smallest absolute Gasteiger partial charge is 0 e. The van der Waals surface area contributed by atoms with Crippen molar-refractivity contribution in [1.29, 1.82) is 0 Å². The first-order chi connectivity index (χ1) is 0. The van der Waals surface area contributed by atoms with Gasteiger partial charge in [0.2, 0.25) is 0 Å². The van der Waals surface area contributed by atoms with E-state index in [1.54, 1.807) is 0 Å². The monoisotopic (exact) mass is 726 g/mol. The first kappa shape index (κ1) is 241. The van der Waals surface area contributed by atoms with Gasteiger partial charge < -0.3 is 38.3 Å². The average molecular weight is 726 g/mol. The SMILES string of the molecule is O.O.O.O.O.O.O.[NaH].[NaH].[W].[W].[W]. The van der Waals surface area contributed by atoms with Crippen molar-refractivity contribution in [3.05, 3.63) is 0 Å². The van der Waals surface area contributed by atoms with Crippen molar-refractivity contribution in [2.45, 2.75) is 0 Å². The summed E-state index contributed by atoms with van der Waals surface area (Å²) < 4.78 is 0. The van der Waals surface area contributed by atoms with Crippen LogP contribution in [-0.2, 0) is 63.2 Å². The van der Waals surface area contributed by atoms with E-state index in [9.17, 15) is 0 Å². The molecule has 0 bridgehead atoms. The minimum absolute atomic E-state index is 0. The summed E-state index contributed by atoms with van der Waals surface area (Å²) in [4.78, 5) is 0. The molecule has 0 saturated heterocycles. The van der Waals surface area contributed by atoms with Crippen LogP contribution in [0.5, 0.6) is 0 Å². The van der Waals surface area contributed by atoms with Gasteiger partial charge >= 0.3 is 59.1 Å². The topological polar surface area (TPSA) is 220 Å². The van der Waals surface area contributed by atoms with Gasteiger partial charge in [0.25, 0.3) is 0 Å². The van der Waals surface area contributed by atoms with Crippen LogP contribution in [0, 0.1) is 0 Å². The maximum absolute atomic E-state index is 0. The van der Waals surface area contributed by atoms with Gasteiger partial charge in [-0.15, -0.1) is 0 Å². The van der Waals surface area contributed by atoms with Crippen LogP contribution >= 0.6 is 0 Å². The minimum Gasteiger partial charge on any atom is 0 e. The fraction of sp³-hybridized carbons (Fsp3) is 0. The molecular formula is H16Na2O7W3. The van der Waals surface area contributed by atoms with Gasteiger partial charge in [-0.3, -0.25) is 0 Å². The maximum Gasteiger partial charge on any atom is 0 e. The van der Waals surface area contributed by atoms with Gasteiger partial charge in [0.15, 0.2) is 0 Å². The van der Waals surface area contributed by atoms with E-state index in [2.05, 4.69) is 0 Å². The molecule has 12 heteroatoms. The van der Waals surface area contributed by atoms with Crippen molar-refractivity contribution in [2.24, 2.45) is 0 Å². The zero-order valence-electron chi connectivity index (χ0n) is 4.72. The summed E-state index contributed by atoms with van der Waals surface area (Å²) in [5, 5.41) is 0. The normalized spacial score (nSPS) is 0. The van der Waals surface area contributed by atoms with Crippen LogP contribution in [0.15, 0.2) is 0 Å². The predicted molar refractivity (Wildman–Crippen MR) is 39.6 cm³/mol. The summed E-state index contributed by atoms with van der Waals surface area (Å²) in [6.45, 7) is 0. The van der Waals surface area contributed by atoms with E-state index in [1.807, 2.05) is 0 Å². The Bertz CT molecular complexity index is 16.6. The van der Waals surface area contributed by atoms with Crippen LogP contribution in [0.25, 0.3) is 0 Å². The molecule has 0 saturated carbocycles. The molecule has 0 rings (SSSR count). The predicted octanol–water partition coefficient (Wildman–Crippen LogP) is -7.08. The molecule has 0 aliphatic heterocycles. The Morgan fingerprint density at radius 1 is 0.250 bits per heavy atom. The van der Waals surface area contributed by atoms with Crippen molar-refractivity contribution in [1.82, 2.24) is 0 Å². The van der Waals surface area contributed by atoms with Gasteiger partial charge in [0.1, 0.15) is 0 Å². The number of hydrogen-bond donors (Lipinski definition) is 0. The van der Waals surface area contributed by atoms with Crippen molar-refractivity contribution in [2.75, 3.05) is 0 Å². The summed E-state index contributed by atoms with van der Waals surface area (Å²) in [6, 6.07) is 0. The van der Waals surface area contributed by atoms with E-state index < -0.39 is 0 Å². The zero-order valence-corrected chi connectivity index (χ0v) is 13.5. The molecule has 14 N–H and O–H groups in total. The first-order valence-corrected chi connectivity index (χ1v) is 0. The van der Waals surface area contributed by atoms with Crippen LogP contribution in [0.3, 0.4) is 0 Å². The minimum atomic E-state index is 0. The average Bonchev–Trinajstić information content (AvgIpc) is 0. The van der Waals surface area contributed by atoms with E-state index in [0.29, 0.717) is 0 Å². The standard InChI is InChI=1S/2Na.7H2O.3W.2H/h;;7*1H2;;;;;. The molecule has 78 valence electrons. The molecule has 0 fully saturated rings. The third-order valence-corrected chi connectivity index (χ3v) is 0. The Labute approximate surface area is 158 Å². The van der Waals surface area contributed by atoms with Crippen molar-refractivity contribution in [3.63, 3.8) is 0 Å². The number of rotatable bonds is 0. The molecule has 12 heavy (non-hydrogen) atoms. The maximum atomic E-state index is 0. The van der Waals surface area contributed by atoms with E-state index in [-0.39, 0.29) is 161 Å². The molecule has 0 aliphatic carbocycles. The Morgan fingerprint density at radius 2 is 0.250 bits per heavy atom. The second-order valence-electron chi connectivity index (χ2n) is 0. The van der Waals surface area contributed by atoms with Gasteiger partial charge in [-0.05, 0) is 0 Å². The summed E-state index contributed by atoms with van der Waals surface area (Å²) in [6.07, 6.45) is 0. The second-order valence-corrected chi connectivity index (χ2v) is 0. The summed E-state index contributed by atoms with van der Waals surface area (Å²) in [7, 11) is 0. The molecule has 0 heterocycles. The molecule has 0 aliphatic rings. The molecule has 0 aromatic rings. The molecule has 0 atom stereocenters. The fourth-order valence-corrected chi connectivity index (χ4v) is 0. The molecule has 0 aromatic heterocycles. The molecule has 7 nitrogen and oxygen atoms in total. The van der Waals surface area contributed by atoms with Crippen LogP contribution in [0.1, 0.15) is 0 Å². The third kappa shape index (κ3) is 157. The fourth-order valence-electron chi connectivity index (χ4n) is 0. The van der Waals surface area contributed by atoms with E-state index in [4.69, 9.17) is 0 Å². The van der Waals surface area contributed by atoms with Gasteiger partial charge in [-0.25, -0.2) is 0 Å². The largest absolute Gasteiger partial charge is 0 e. The van der Waals surface area contributed by atoms with E-state index in [1.165, 1.54) is 0 Å². The Balaban J connectivity index is 0. The van der Waals surface area contributed by atoms with Crippen LogP contribution in [-0.4, -0.2) is 97.4 Å². The second kappa shape index (κ2) is 196. The first-order valence-electron chi connectivity index (χ1n) is 0. The van der Waals surface area contributed by atoms with Crippen LogP contribution < -0.4 is 0 Å². The molecule has 0 aromatic carbocycles. The van der Waals surface area contributed by atoms with E-state index >= 15 is 0 Å². The van der Waals surface area contributed by atoms with Crippen LogP contribution in [0.2, 0.25) is 0 Å². The van der Waals surface area contributed by atoms with Gasteiger partial charge in [0, 0.05) is 63.2 Å². The quantitative estimate of drug-likeness (QED) is 0.213. The number of hydrogen-bond acceptors (Lipinski definition) is 0. The third-order valence-electron chi connectivity index (χ3n) is 0. The molecule has 0 amide bonds. The van der Waals surface area contributed by atoms with E-state index in [0.717, 1.165) is 0 Å². The molecular weight excluding hydrogens is 709 g/mol. The summed E-state index contributed by atoms with van der Waals surface area (Å²) in [5.41, 5.74) is 0.